The number of carbonyl (C=O) groups excluding carboxylic acids is 2. The van der Waals surface area contributed by atoms with Crippen molar-refractivity contribution in [1.82, 2.24) is 5.32 Å². The summed E-state index contributed by atoms with van der Waals surface area (Å²) in [5.41, 5.74) is 1.61. The van der Waals surface area contributed by atoms with E-state index in [4.69, 9.17) is 4.74 Å². The van der Waals surface area contributed by atoms with Gasteiger partial charge in [0, 0.05) is 24.4 Å². The number of nitrogens with one attached hydrogen (secondary N) is 2. The molecule has 0 aliphatic heterocycles. The number of halogens is 2. The Balaban J connectivity index is 2.07. The molecule has 6 nitrogen and oxygen atoms in total. The largest absolute Gasteiger partial charge is 0.493 e. The van der Waals surface area contributed by atoms with E-state index >= 15 is 0 Å². The van der Waals surface area contributed by atoms with Crippen LogP contribution < -0.4 is 20.1 Å². The summed E-state index contributed by atoms with van der Waals surface area (Å²) < 4.78 is 34.8. The fourth-order valence-corrected chi connectivity index (χ4v) is 2.37. The van der Waals surface area contributed by atoms with Gasteiger partial charge in [-0.3, -0.25) is 9.59 Å². The van der Waals surface area contributed by atoms with Crippen molar-refractivity contribution in [2.24, 2.45) is 0 Å². The van der Waals surface area contributed by atoms with Crippen molar-refractivity contribution in [2.45, 2.75) is 13.0 Å². The maximum atomic E-state index is 12.6. The van der Waals surface area contributed by atoms with Crippen LogP contribution in [0.1, 0.15) is 11.1 Å². The molecular formula is C20H20F2N2O4. The van der Waals surface area contributed by atoms with E-state index in [-0.39, 0.29) is 29.4 Å². The molecule has 28 heavy (non-hydrogen) atoms. The van der Waals surface area contributed by atoms with E-state index in [2.05, 4.69) is 15.4 Å². The molecule has 0 saturated heterocycles. The van der Waals surface area contributed by atoms with Gasteiger partial charge in [-0.05, 0) is 29.8 Å². The lowest BCUT2D eigenvalue weighted by Crippen LogP contribution is -2.19. The van der Waals surface area contributed by atoms with Crippen LogP contribution in [0.4, 0.5) is 14.5 Å². The molecule has 2 aromatic rings. The molecule has 2 N–H and O–H groups in total. The minimum Gasteiger partial charge on any atom is -0.493 e. The van der Waals surface area contributed by atoms with Gasteiger partial charge in [0.05, 0.1) is 13.5 Å². The fraction of sp³-hybridized carbons (Fsp3) is 0.200. The molecule has 0 radical (unpaired) electrons. The zero-order valence-electron chi connectivity index (χ0n) is 15.4. The van der Waals surface area contributed by atoms with Gasteiger partial charge in [-0.1, -0.05) is 24.3 Å². The summed E-state index contributed by atoms with van der Waals surface area (Å²) in [6.45, 7) is -3.02. The van der Waals surface area contributed by atoms with Crippen molar-refractivity contribution in [3.8, 4) is 11.5 Å². The molecule has 0 heterocycles. The van der Waals surface area contributed by atoms with E-state index in [9.17, 15) is 18.4 Å². The van der Waals surface area contributed by atoms with E-state index in [1.165, 1.54) is 31.4 Å². The van der Waals surface area contributed by atoms with Gasteiger partial charge < -0.3 is 20.1 Å². The molecule has 0 unspecified atom stereocenters. The topological polar surface area (TPSA) is 76.7 Å². The lowest BCUT2D eigenvalue weighted by molar-refractivity contribution is -0.120. The Morgan fingerprint density at radius 1 is 1.14 bits per heavy atom. The minimum absolute atomic E-state index is 0.111. The van der Waals surface area contributed by atoms with Gasteiger partial charge in [0.1, 0.15) is 0 Å². The molecule has 0 saturated carbocycles. The molecule has 0 bridgehead atoms. The van der Waals surface area contributed by atoms with Crippen LogP contribution in [0.5, 0.6) is 11.5 Å². The van der Waals surface area contributed by atoms with E-state index in [0.29, 0.717) is 5.69 Å². The third kappa shape index (κ3) is 6.08. The van der Waals surface area contributed by atoms with Gasteiger partial charge in [0.15, 0.2) is 11.5 Å². The molecule has 0 aromatic heterocycles. The molecule has 8 heteroatoms. The number of anilines is 1. The number of rotatable bonds is 8. The number of carbonyl (C=O) groups is 2. The van der Waals surface area contributed by atoms with Crippen molar-refractivity contribution < 1.29 is 27.8 Å². The van der Waals surface area contributed by atoms with E-state index in [1.54, 1.807) is 37.4 Å². The summed E-state index contributed by atoms with van der Waals surface area (Å²) in [6, 6.07) is 11.4. The Bertz CT molecular complexity index is 852. The molecular weight excluding hydrogens is 370 g/mol. The van der Waals surface area contributed by atoms with Crippen molar-refractivity contribution in [3.63, 3.8) is 0 Å². The maximum absolute atomic E-state index is 12.6. The standard InChI is InChI=1S/C20H20F2N2O4/c1-23-18(26)12-13-6-9-15(10-7-13)24-17(25)11-8-14-4-3-5-16(27-2)19(14)28-20(21)22/h3-11,20H,12H2,1-2H3,(H,23,26)(H,24,25)/b11-8+. The SMILES string of the molecule is CNC(=O)Cc1ccc(NC(=O)/C=C/c2cccc(OC)c2OC(F)F)cc1. The first-order valence-corrected chi connectivity index (χ1v) is 8.33. The highest BCUT2D eigenvalue weighted by Gasteiger charge is 2.14. The molecule has 0 fully saturated rings. The van der Waals surface area contributed by atoms with Crippen LogP contribution >= 0.6 is 0 Å². The van der Waals surface area contributed by atoms with Gasteiger partial charge in [-0.25, -0.2) is 0 Å². The van der Waals surface area contributed by atoms with Crippen molar-refractivity contribution in [3.05, 3.63) is 59.7 Å². The molecule has 0 spiro atoms. The highest BCUT2D eigenvalue weighted by molar-refractivity contribution is 6.02. The van der Waals surface area contributed by atoms with Gasteiger partial charge in [0.2, 0.25) is 11.8 Å². The predicted octanol–water partition coefficient (Wildman–Crippen LogP) is 3.24. The number of ether oxygens (including phenoxy) is 2. The number of amides is 2. The van der Waals surface area contributed by atoms with Gasteiger partial charge >= 0.3 is 6.61 Å². The van der Waals surface area contributed by atoms with Crippen molar-refractivity contribution in [1.29, 1.82) is 0 Å². The average molecular weight is 390 g/mol. The van der Waals surface area contributed by atoms with Crippen LogP contribution in [-0.4, -0.2) is 32.6 Å². The predicted molar refractivity (Wildman–Crippen MR) is 102 cm³/mol. The van der Waals surface area contributed by atoms with Crippen molar-refractivity contribution in [2.75, 3.05) is 19.5 Å². The summed E-state index contributed by atoms with van der Waals surface area (Å²) in [4.78, 5) is 23.4. The summed E-state index contributed by atoms with van der Waals surface area (Å²) in [5.74, 6) is -0.582. The zero-order chi connectivity index (χ0) is 20.5. The number of para-hydroxylation sites is 1. The first kappa shape index (κ1) is 20.9. The minimum atomic E-state index is -3.02. The third-order valence-electron chi connectivity index (χ3n) is 3.72. The molecule has 0 aliphatic rings. The molecule has 2 rings (SSSR count). The molecule has 2 aromatic carbocycles. The Morgan fingerprint density at radius 3 is 2.46 bits per heavy atom. The van der Waals surface area contributed by atoms with Crippen LogP contribution in [-0.2, 0) is 16.0 Å². The smallest absolute Gasteiger partial charge is 0.387 e. The van der Waals surface area contributed by atoms with Crippen LogP contribution in [0.15, 0.2) is 48.5 Å². The van der Waals surface area contributed by atoms with Gasteiger partial charge in [-0.2, -0.15) is 8.78 Å². The Morgan fingerprint density at radius 2 is 1.86 bits per heavy atom. The Labute approximate surface area is 161 Å². The number of hydrogen-bond acceptors (Lipinski definition) is 4. The van der Waals surface area contributed by atoms with Gasteiger partial charge in [0.25, 0.3) is 0 Å². The second kappa shape index (κ2) is 10.1. The van der Waals surface area contributed by atoms with Crippen LogP contribution in [0.25, 0.3) is 6.08 Å². The number of benzene rings is 2. The van der Waals surface area contributed by atoms with E-state index < -0.39 is 12.5 Å². The second-order valence-electron chi connectivity index (χ2n) is 5.63. The third-order valence-corrected chi connectivity index (χ3v) is 3.72. The Hall–Kier alpha value is -3.42. The van der Waals surface area contributed by atoms with Crippen LogP contribution in [0.3, 0.4) is 0 Å². The first-order chi connectivity index (χ1) is 13.4. The summed E-state index contributed by atoms with van der Waals surface area (Å²) in [5, 5.41) is 5.18. The van der Waals surface area contributed by atoms with Crippen LogP contribution in [0.2, 0.25) is 0 Å². The fourth-order valence-electron chi connectivity index (χ4n) is 2.37. The second-order valence-corrected chi connectivity index (χ2v) is 5.63. The molecule has 148 valence electrons. The van der Waals surface area contributed by atoms with E-state index in [1.807, 2.05) is 0 Å². The molecule has 0 atom stereocenters. The summed E-state index contributed by atoms with van der Waals surface area (Å²) >= 11 is 0. The highest BCUT2D eigenvalue weighted by Crippen LogP contribution is 2.33. The number of hydrogen-bond donors (Lipinski definition) is 2. The lowest BCUT2D eigenvalue weighted by atomic mass is 10.1. The maximum Gasteiger partial charge on any atom is 0.387 e. The molecule has 0 aliphatic carbocycles. The number of likely N-dealkylation sites (N-methyl/N-ethyl adjacent to an activating group) is 1. The van der Waals surface area contributed by atoms with E-state index in [0.717, 1.165) is 5.56 Å². The van der Waals surface area contributed by atoms with Crippen molar-refractivity contribution >= 4 is 23.6 Å². The first-order valence-electron chi connectivity index (χ1n) is 8.33. The monoisotopic (exact) mass is 390 g/mol. The summed E-state index contributed by atoms with van der Waals surface area (Å²) in [7, 11) is 2.89. The summed E-state index contributed by atoms with van der Waals surface area (Å²) in [6.07, 6.45) is 2.80. The zero-order valence-corrected chi connectivity index (χ0v) is 15.4. The Kier molecular flexibility index (Phi) is 7.50. The normalized spacial score (nSPS) is 10.8. The molecule has 2 amide bonds. The average Bonchev–Trinajstić information content (AvgIpc) is 2.68. The number of alkyl halides is 2. The number of methoxy groups -OCH3 is 1. The van der Waals surface area contributed by atoms with Crippen LogP contribution in [0, 0.1) is 0 Å². The van der Waals surface area contributed by atoms with Gasteiger partial charge in [-0.15, -0.1) is 0 Å². The lowest BCUT2D eigenvalue weighted by Gasteiger charge is -2.12. The quantitative estimate of drug-likeness (QED) is 0.679. The highest BCUT2D eigenvalue weighted by atomic mass is 19.3.